The Morgan fingerprint density at radius 1 is 1.53 bits per heavy atom. The fourth-order valence-electron chi connectivity index (χ4n) is 1.00. The number of rotatable bonds is 5. The van der Waals surface area contributed by atoms with E-state index in [0.717, 1.165) is 6.08 Å². The van der Waals surface area contributed by atoms with Crippen molar-refractivity contribution in [3.8, 4) is 0 Å². The molecule has 1 saturated heterocycles. The third kappa shape index (κ3) is 3.69. The molecule has 0 bridgehead atoms. The molecule has 6 nitrogen and oxygen atoms in total. The summed E-state index contributed by atoms with van der Waals surface area (Å²) in [5.41, 5.74) is 0. The van der Waals surface area contributed by atoms with Crippen LogP contribution in [0.2, 0.25) is 0 Å². The van der Waals surface area contributed by atoms with E-state index in [9.17, 15) is 14.7 Å². The van der Waals surface area contributed by atoms with Crippen LogP contribution in [0.4, 0.5) is 0 Å². The van der Waals surface area contributed by atoms with Crippen molar-refractivity contribution in [1.29, 1.82) is 0 Å². The van der Waals surface area contributed by atoms with Gasteiger partial charge in [-0.15, -0.1) is 0 Å². The summed E-state index contributed by atoms with van der Waals surface area (Å²) in [6, 6.07) is 0. The van der Waals surface area contributed by atoms with Gasteiger partial charge in [-0.1, -0.05) is 6.92 Å². The first-order valence-corrected chi connectivity index (χ1v) is 4.49. The fraction of sp³-hybridized carbons (Fsp3) is 0.556. The number of carbonyl (C=O) groups is 2. The van der Waals surface area contributed by atoms with E-state index >= 15 is 0 Å². The van der Waals surface area contributed by atoms with Gasteiger partial charge in [0.1, 0.15) is 6.10 Å². The summed E-state index contributed by atoms with van der Waals surface area (Å²) in [6.45, 7) is 1.77. The first-order valence-electron chi connectivity index (χ1n) is 4.49. The van der Waals surface area contributed by atoms with Crippen molar-refractivity contribution in [2.75, 3.05) is 0 Å². The molecule has 1 heterocycles. The van der Waals surface area contributed by atoms with Gasteiger partial charge in [0, 0.05) is 12.2 Å². The molecule has 3 unspecified atom stereocenters. The maximum atomic E-state index is 10.9. The highest BCUT2D eigenvalue weighted by Crippen LogP contribution is 2.27. The predicted molar refractivity (Wildman–Crippen MR) is 47.8 cm³/mol. The molecule has 0 aromatic rings. The zero-order chi connectivity index (χ0) is 11.4. The lowest BCUT2D eigenvalue weighted by molar-refractivity contribution is -0.143. The molecular formula is C9H12O6. The van der Waals surface area contributed by atoms with Gasteiger partial charge in [0.25, 0.3) is 0 Å². The van der Waals surface area contributed by atoms with Crippen LogP contribution >= 0.6 is 0 Å². The van der Waals surface area contributed by atoms with E-state index in [1.807, 2.05) is 0 Å². The monoisotopic (exact) mass is 216 g/mol. The van der Waals surface area contributed by atoms with E-state index in [-0.39, 0.29) is 0 Å². The quantitative estimate of drug-likeness (QED) is 0.371. The van der Waals surface area contributed by atoms with Crippen LogP contribution in [0.15, 0.2) is 12.2 Å². The molecule has 0 aromatic heterocycles. The molecule has 1 fully saturated rings. The van der Waals surface area contributed by atoms with E-state index in [1.54, 1.807) is 6.92 Å². The zero-order valence-electron chi connectivity index (χ0n) is 8.12. The molecule has 0 aliphatic carbocycles. The van der Waals surface area contributed by atoms with Gasteiger partial charge >= 0.3 is 11.9 Å². The van der Waals surface area contributed by atoms with Crippen LogP contribution in [0.1, 0.15) is 13.3 Å². The van der Waals surface area contributed by atoms with Crippen LogP contribution in [-0.2, 0) is 19.1 Å². The molecule has 0 spiro atoms. The second-order valence-electron chi connectivity index (χ2n) is 3.05. The number of epoxide rings is 1. The number of hydrogen-bond donors (Lipinski definition) is 2. The molecule has 84 valence electrons. The SMILES string of the molecule is CCC(O)C1OC1OC(=O)/C=C/C(=O)O. The molecule has 0 aromatic carbocycles. The smallest absolute Gasteiger partial charge is 0.333 e. The van der Waals surface area contributed by atoms with E-state index < -0.39 is 30.4 Å². The first kappa shape index (κ1) is 11.7. The average Bonchev–Trinajstić information content (AvgIpc) is 2.93. The van der Waals surface area contributed by atoms with Gasteiger partial charge in [-0.3, -0.25) is 0 Å². The lowest BCUT2D eigenvalue weighted by atomic mass is 10.2. The number of carboxylic acid groups (broad SMARTS) is 1. The molecular weight excluding hydrogens is 204 g/mol. The highest BCUT2D eigenvalue weighted by molar-refractivity contribution is 5.90. The topological polar surface area (TPSA) is 96.4 Å². The molecule has 2 N–H and O–H groups in total. The van der Waals surface area contributed by atoms with Crippen molar-refractivity contribution in [2.24, 2.45) is 0 Å². The molecule has 1 aliphatic rings. The lowest BCUT2D eigenvalue weighted by Gasteiger charge is -2.01. The van der Waals surface area contributed by atoms with Gasteiger partial charge in [-0.05, 0) is 6.42 Å². The Kier molecular flexibility index (Phi) is 3.81. The maximum absolute atomic E-state index is 10.9. The van der Waals surface area contributed by atoms with Crippen molar-refractivity contribution in [1.82, 2.24) is 0 Å². The van der Waals surface area contributed by atoms with Gasteiger partial charge in [0.15, 0.2) is 0 Å². The minimum absolute atomic E-state index is 0.489. The van der Waals surface area contributed by atoms with Crippen molar-refractivity contribution >= 4 is 11.9 Å². The number of carbonyl (C=O) groups excluding carboxylic acids is 1. The number of esters is 1. The summed E-state index contributed by atoms with van der Waals surface area (Å²) in [5.74, 6) is -2.03. The van der Waals surface area contributed by atoms with Gasteiger partial charge in [-0.25, -0.2) is 9.59 Å². The molecule has 1 rings (SSSR count). The van der Waals surface area contributed by atoms with E-state index in [1.165, 1.54) is 0 Å². The number of hydrogen-bond acceptors (Lipinski definition) is 5. The van der Waals surface area contributed by atoms with Crippen LogP contribution in [0.3, 0.4) is 0 Å². The highest BCUT2D eigenvalue weighted by Gasteiger charge is 2.46. The number of aliphatic hydroxyl groups is 1. The standard InChI is InChI=1S/C9H12O6/c1-2-5(10)8-9(15-8)14-7(13)4-3-6(11)12/h3-5,8-10H,2H2,1H3,(H,11,12)/b4-3+. The Labute approximate surface area is 86.1 Å². The third-order valence-corrected chi connectivity index (χ3v) is 1.87. The van der Waals surface area contributed by atoms with E-state index in [4.69, 9.17) is 9.84 Å². The van der Waals surface area contributed by atoms with Crippen LogP contribution in [0.5, 0.6) is 0 Å². The summed E-state index contributed by atoms with van der Waals surface area (Å²) < 4.78 is 9.55. The fourth-order valence-corrected chi connectivity index (χ4v) is 1.00. The van der Waals surface area contributed by atoms with Gasteiger partial charge < -0.3 is 19.7 Å². The Balaban J connectivity index is 2.27. The van der Waals surface area contributed by atoms with Gasteiger partial charge in [0.05, 0.1) is 6.10 Å². The summed E-state index contributed by atoms with van der Waals surface area (Å²) in [4.78, 5) is 21.0. The minimum Gasteiger partial charge on any atom is -0.478 e. The Bertz CT molecular complexity index is 284. The molecule has 15 heavy (non-hydrogen) atoms. The van der Waals surface area contributed by atoms with Crippen LogP contribution in [0, 0.1) is 0 Å². The largest absolute Gasteiger partial charge is 0.478 e. The summed E-state index contributed by atoms with van der Waals surface area (Å²) in [7, 11) is 0. The maximum Gasteiger partial charge on any atom is 0.333 e. The van der Waals surface area contributed by atoms with Crippen molar-refractivity contribution in [3.63, 3.8) is 0 Å². The number of aliphatic hydroxyl groups excluding tert-OH is 1. The lowest BCUT2D eigenvalue weighted by Crippen LogP contribution is -2.18. The van der Waals surface area contributed by atoms with E-state index in [2.05, 4.69) is 4.74 Å². The molecule has 0 saturated carbocycles. The normalized spacial score (nSPS) is 26.3. The Morgan fingerprint density at radius 2 is 2.20 bits per heavy atom. The minimum atomic E-state index is -1.23. The van der Waals surface area contributed by atoms with Crippen LogP contribution in [0.25, 0.3) is 0 Å². The van der Waals surface area contributed by atoms with Gasteiger partial charge in [0.2, 0.25) is 6.29 Å². The number of carboxylic acids is 1. The predicted octanol–water partition coefficient (Wildman–Crippen LogP) is -0.334. The molecule has 1 aliphatic heterocycles. The van der Waals surface area contributed by atoms with Crippen LogP contribution in [-0.4, -0.2) is 40.6 Å². The van der Waals surface area contributed by atoms with E-state index in [0.29, 0.717) is 12.5 Å². The second-order valence-corrected chi connectivity index (χ2v) is 3.05. The van der Waals surface area contributed by atoms with Crippen molar-refractivity contribution in [2.45, 2.75) is 31.8 Å². The summed E-state index contributed by atoms with van der Waals surface area (Å²) >= 11 is 0. The number of ether oxygens (including phenoxy) is 2. The van der Waals surface area contributed by atoms with Gasteiger partial charge in [-0.2, -0.15) is 0 Å². The molecule has 3 atom stereocenters. The first-order chi connectivity index (χ1) is 7.04. The molecule has 0 amide bonds. The Hall–Kier alpha value is -1.40. The van der Waals surface area contributed by atoms with Crippen molar-refractivity contribution < 1.29 is 29.3 Å². The van der Waals surface area contributed by atoms with Crippen molar-refractivity contribution in [3.05, 3.63) is 12.2 Å². The van der Waals surface area contributed by atoms with Crippen LogP contribution < -0.4 is 0 Å². The molecule has 6 heteroatoms. The number of aliphatic carboxylic acids is 1. The highest BCUT2D eigenvalue weighted by atomic mass is 16.8. The summed E-state index contributed by atoms with van der Waals surface area (Å²) in [5, 5.41) is 17.5. The second kappa shape index (κ2) is 4.90. The summed E-state index contributed by atoms with van der Waals surface area (Å²) in [6.07, 6.45) is 0.0633. The average molecular weight is 216 g/mol. The third-order valence-electron chi connectivity index (χ3n) is 1.87. The zero-order valence-corrected chi connectivity index (χ0v) is 8.12. The Morgan fingerprint density at radius 3 is 2.73 bits per heavy atom. The molecule has 0 radical (unpaired) electrons.